The molecule has 1 rings (SSSR count). The van der Waals surface area contributed by atoms with Crippen molar-refractivity contribution in [3.8, 4) is 0 Å². The molecule has 2 nitrogen and oxygen atoms in total. The minimum absolute atomic E-state index is 0.140. The van der Waals surface area contributed by atoms with Crippen LogP contribution in [0, 0.1) is 5.82 Å². The lowest BCUT2D eigenvalue weighted by molar-refractivity contribution is -0.137. The van der Waals surface area contributed by atoms with Gasteiger partial charge in [0, 0.05) is 11.8 Å². The van der Waals surface area contributed by atoms with E-state index in [9.17, 15) is 22.4 Å². The van der Waals surface area contributed by atoms with Gasteiger partial charge in [0.1, 0.15) is 5.82 Å². The van der Waals surface area contributed by atoms with E-state index >= 15 is 0 Å². The molecule has 19 heavy (non-hydrogen) atoms. The van der Waals surface area contributed by atoms with E-state index in [1.165, 1.54) is 0 Å². The van der Waals surface area contributed by atoms with Gasteiger partial charge in [0.05, 0.1) is 11.3 Å². The molecule has 0 atom stereocenters. The maximum absolute atomic E-state index is 13.3. The molecule has 0 unspecified atom stereocenters. The van der Waals surface area contributed by atoms with Crippen molar-refractivity contribution >= 4 is 27.5 Å². The number of unbranched alkanes of at least 4 members (excludes halogenated alkanes) is 1. The smallest absolute Gasteiger partial charge is 0.324 e. The predicted octanol–water partition coefficient (Wildman–Crippen LogP) is 4.35. The van der Waals surface area contributed by atoms with Crippen molar-refractivity contribution in [3.05, 3.63) is 29.6 Å². The normalized spacial score (nSPS) is 11.4. The zero-order valence-electron chi connectivity index (χ0n) is 9.86. The summed E-state index contributed by atoms with van der Waals surface area (Å²) in [6.07, 6.45) is -3.08. The van der Waals surface area contributed by atoms with E-state index in [-0.39, 0.29) is 6.42 Å². The van der Waals surface area contributed by atoms with Gasteiger partial charge in [0.2, 0.25) is 5.91 Å². The first-order chi connectivity index (χ1) is 8.84. The number of nitrogens with one attached hydrogen (secondary N) is 1. The number of alkyl halides is 4. The van der Waals surface area contributed by atoms with Gasteiger partial charge < -0.3 is 5.32 Å². The van der Waals surface area contributed by atoms with Gasteiger partial charge in [-0.1, -0.05) is 15.9 Å². The molecule has 1 amide bonds. The number of rotatable bonds is 5. The third-order valence-corrected chi connectivity index (χ3v) is 2.92. The summed E-state index contributed by atoms with van der Waals surface area (Å²) in [6.45, 7) is 0. The number of hydrogen-bond acceptors (Lipinski definition) is 1. The second kappa shape index (κ2) is 6.88. The molecule has 0 fully saturated rings. The molecular weight excluding hydrogens is 330 g/mol. The lowest BCUT2D eigenvalue weighted by Gasteiger charge is -2.10. The summed E-state index contributed by atoms with van der Waals surface area (Å²) in [4.78, 5) is 11.4. The quantitative estimate of drug-likeness (QED) is 0.481. The van der Waals surface area contributed by atoms with Crippen molar-refractivity contribution in [1.29, 1.82) is 0 Å². The van der Waals surface area contributed by atoms with Crippen molar-refractivity contribution in [2.75, 3.05) is 10.6 Å². The van der Waals surface area contributed by atoms with Crippen LogP contribution in [-0.2, 0) is 11.0 Å². The average molecular weight is 342 g/mol. The topological polar surface area (TPSA) is 29.1 Å². The van der Waals surface area contributed by atoms with Crippen molar-refractivity contribution in [2.45, 2.75) is 25.4 Å². The van der Waals surface area contributed by atoms with Crippen LogP contribution >= 0.6 is 15.9 Å². The van der Waals surface area contributed by atoms with Gasteiger partial charge in [0.25, 0.3) is 0 Å². The highest BCUT2D eigenvalue weighted by Crippen LogP contribution is 2.31. The summed E-state index contributed by atoms with van der Waals surface area (Å²) in [5.74, 6) is -1.39. The highest BCUT2D eigenvalue weighted by Gasteiger charge is 2.31. The predicted molar refractivity (Wildman–Crippen MR) is 67.7 cm³/mol. The van der Waals surface area contributed by atoms with Crippen LogP contribution in [0.15, 0.2) is 18.2 Å². The minimum atomic E-state index is -4.57. The van der Waals surface area contributed by atoms with E-state index in [4.69, 9.17) is 0 Å². The molecule has 0 aliphatic rings. The Morgan fingerprint density at radius 1 is 1.26 bits per heavy atom. The first-order valence-electron chi connectivity index (χ1n) is 5.57. The average Bonchev–Trinajstić information content (AvgIpc) is 2.31. The second-order valence-electron chi connectivity index (χ2n) is 3.89. The van der Waals surface area contributed by atoms with Gasteiger partial charge in [-0.2, -0.15) is 13.2 Å². The Morgan fingerprint density at radius 3 is 2.53 bits per heavy atom. The molecular formula is C12H12BrF4NO. The van der Waals surface area contributed by atoms with Crippen LogP contribution in [0.1, 0.15) is 24.8 Å². The van der Waals surface area contributed by atoms with Crippen LogP contribution in [-0.4, -0.2) is 11.2 Å². The first-order valence-corrected chi connectivity index (χ1v) is 6.69. The lowest BCUT2D eigenvalue weighted by Crippen LogP contribution is -2.14. The maximum Gasteiger partial charge on any atom is 0.416 e. The van der Waals surface area contributed by atoms with E-state index in [1.807, 2.05) is 0 Å². The van der Waals surface area contributed by atoms with E-state index in [0.29, 0.717) is 24.6 Å². The van der Waals surface area contributed by atoms with Crippen molar-refractivity contribution in [1.82, 2.24) is 0 Å². The fourth-order valence-electron chi connectivity index (χ4n) is 1.39. The summed E-state index contributed by atoms with van der Waals surface area (Å²) in [6, 6.07) is 1.92. The number of anilines is 1. The second-order valence-corrected chi connectivity index (χ2v) is 4.68. The molecule has 0 radical (unpaired) electrons. The van der Waals surface area contributed by atoms with Gasteiger partial charge in [-0.25, -0.2) is 4.39 Å². The maximum atomic E-state index is 13.3. The molecule has 7 heteroatoms. The van der Waals surface area contributed by atoms with Gasteiger partial charge >= 0.3 is 6.18 Å². The van der Waals surface area contributed by atoms with Gasteiger partial charge in [0.15, 0.2) is 0 Å². The van der Waals surface area contributed by atoms with Crippen LogP contribution in [0.25, 0.3) is 0 Å². The van der Waals surface area contributed by atoms with Crippen molar-refractivity contribution < 1.29 is 22.4 Å². The molecule has 0 saturated carbocycles. The molecule has 106 valence electrons. The monoisotopic (exact) mass is 341 g/mol. The Bertz CT molecular complexity index is 448. The minimum Gasteiger partial charge on any atom is -0.324 e. The van der Waals surface area contributed by atoms with E-state index in [1.54, 1.807) is 0 Å². The number of hydrogen-bond donors (Lipinski definition) is 1. The molecule has 0 saturated heterocycles. The molecule has 1 N–H and O–H groups in total. The fraction of sp³-hybridized carbons (Fsp3) is 0.417. The summed E-state index contributed by atoms with van der Waals surface area (Å²) in [5, 5.41) is 2.89. The molecule has 1 aromatic rings. The fourth-order valence-corrected chi connectivity index (χ4v) is 1.79. The third-order valence-electron chi connectivity index (χ3n) is 2.36. The highest BCUT2D eigenvalue weighted by molar-refractivity contribution is 9.09. The molecule has 0 aromatic heterocycles. The summed E-state index contributed by atoms with van der Waals surface area (Å²) in [7, 11) is 0. The summed E-state index contributed by atoms with van der Waals surface area (Å²) < 4.78 is 50.7. The summed E-state index contributed by atoms with van der Waals surface area (Å²) in [5.41, 5.74) is -1.44. The Hall–Kier alpha value is -1.11. The Labute approximate surface area is 116 Å². The molecule has 1 aromatic carbocycles. The number of amides is 1. The van der Waals surface area contributed by atoms with Gasteiger partial charge in [-0.3, -0.25) is 4.79 Å². The third kappa shape index (κ3) is 5.18. The highest BCUT2D eigenvalue weighted by atomic mass is 79.9. The Morgan fingerprint density at radius 2 is 1.95 bits per heavy atom. The SMILES string of the molecule is O=C(CCCCBr)Nc1cc(C(F)(F)F)ccc1F. The number of halogens is 5. The van der Waals surface area contributed by atoms with Gasteiger partial charge in [-0.05, 0) is 31.0 Å². The van der Waals surface area contributed by atoms with Crippen LogP contribution in [0.2, 0.25) is 0 Å². The van der Waals surface area contributed by atoms with E-state index in [2.05, 4.69) is 21.2 Å². The molecule has 0 aliphatic carbocycles. The lowest BCUT2D eigenvalue weighted by atomic mass is 10.1. The number of carbonyl (C=O) groups is 1. The van der Waals surface area contributed by atoms with E-state index < -0.39 is 29.2 Å². The Kier molecular flexibility index (Phi) is 5.78. The van der Waals surface area contributed by atoms with Gasteiger partial charge in [-0.15, -0.1) is 0 Å². The zero-order valence-corrected chi connectivity index (χ0v) is 11.4. The number of benzene rings is 1. The molecule has 0 aliphatic heterocycles. The van der Waals surface area contributed by atoms with Crippen molar-refractivity contribution in [3.63, 3.8) is 0 Å². The standard InChI is InChI=1S/C12H12BrF4NO/c13-6-2-1-3-11(19)18-10-7-8(12(15,16)17)4-5-9(10)14/h4-5,7H,1-3,6H2,(H,18,19). The van der Waals surface area contributed by atoms with Crippen LogP contribution in [0.3, 0.4) is 0 Å². The molecule has 0 bridgehead atoms. The van der Waals surface area contributed by atoms with Crippen LogP contribution in [0.5, 0.6) is 0 Å². The number of carbonyl (C=O) groups excluding carboxylic acids is 1. The zero-order chi connectivity index (χ0) is 14.5. The largest absolute Gasteiger partial charge is 0.416 e. The van der Waals surface area contributed by atoms with Crippen LogP contribution < -0.4 is 5.32 Å². The molecule has 0 heterocycles. The molecule has 0 spiro atoms. The Balaban J connectivity index is 2.74. The van der Waals surface area contributed by atoms with Crippen LogP contribution in [0.4, 0.5) is 23.2 Å². The first kappa shape index (κ1) is 15.9. The van der Waals surface area contributed by atoms with E-state index in [0.717, 1.165) is 11.8 Å². The summed E-state index contributed by atoms with van der Waals surface area (Å²) >= 11 is 3.19. The van der Waals surface area contributed by atoms with Crippen molar-refractivity contribution in [2.24, 2.45) is 0 Å².